The Hall–Kier alpha value is -4.22. The average Bonchev–Trinajstić information content (AvgIpc) is 3.56. The smallest absolute Gasteiger partial charge is 0.335 e. The number of H-pyrrole nitrogens is 1. The lowest BCUT2D eigenvalue weighted by atomic mass is 9.77. The Kier molecular flexibility index (Phi) is 6.15. The zero-order chi connectivity index (χ0) is 28.3. The summed E-state index contributed by atoms with van der Waals surface area (Å²) in [7, 11) is 1.42. The van der Waals surface area contributed by atoms with E-state index < -0.39 is 46.6 Å². The summed E-state index contributed by atoms with van der Waals surface area (Å²) in [6.07, 6.45) is 2.43. The molecule has 1 aliphatic rings. The molecule has 0 aliphatic heterocycles. The SMILES string of the molecule is CO[C@H]1CCCCC1(O)c1c(-c2ccc(C(=O)O)cc2)c2c(F)c3[nH]ncc3cc2n1-c1ccc(F)c(F)c1F. The molecule has 7 nitrogen and oxygen atoms in total. The molecule has 0 amide bonds. The van der Waals surface area contributed by atoms with E-state index in [9.17, 15) is 23.8 Å². The predicted molar refractivity (Wildman–Crippen MR) is 138 cm³/mol. The molecule has 3 aromatic carbocycles. The molecule has 2 atom stereocenters. The van der Waals surface area contributed by atoms with E-state index in [1.807, 2.05) is 0 Å². The van der Waals surface area contributed by atoms with Gasteiger partial charge in [-0.25, -0.2) is 22.4 Å². The molecule has 0 radical (unpaired) electrons. The molecule has 11 heteroatoms. The van der Waals surface area contributed by atoms with Gasteiger partial charge in [0.2, 0.25) is 0 Å². The minimum Gasteiger partial charge on any atom is -0.478 e. The maximum atomic E-state index is 16.4. The van der Waals surface area contributed by atoms with Gasteiger partial charge < -0.3 is 19.5 Å². The number of nitrogens with zero attached hydrogens (tertiary/aromatic N) is 2. The van der Waals surface area contributed by atoms with E-state index in [1.165, 1.54) is 48.2 Å². The summed E-state index contributed by atoms with van der Waals surface area (Å²) in [5, 5.41) is 28.6. The number of nitrogens with one attached hydrogen (secondary N) is 1. The fourth-order valence-electron chi connectivity index (χ4n) is 5.92. The molecule has 2 aromatic heterocycles. The highest BCUT2D eigenvalue weighted by molar-refractivity contribution is 6.06. The van der Waals surface area contributed by atoms with Crippen LogP contribution < -0.4 is 0 Å². The van der Waals surface area contributed by atoms with Crippen LogP contribution in [0.5, 0.6) is 0 Å². The molecule has 1 aliphatic carbocycles. The van der Waals surface area contributed by atoms with Gasteiger partial charge in [0.25, 0.3) is 0 Å². The maximum absolute atomic E-state index is 16.4. The summed E-state index contributed by atoms with van der Waals surface area (Å²) in [5.74, 6) is -6.58. The first kappa shape index (κ1) is 26.0. The van der Waals surface area contributed by atoms with Crippen molar-refractivity contribution in [2.75, 3.05) is 7.11 Å². The molecule has 40 heavy (non-hydrogen) atoms. The first-order valence-corrected chi connectivity index (χ1v) is 12.6. The fourth-order valence-corrected chi connectivity index (χ4v) is 5.92. The molecule has 5 aromatic rings. The lowest BCUT2D eigenvalue weighted by Gasteiger charge is -2.40. The van der Waals surface area contributed by atoms with Crippen molar-refractivity contribution in [1.29, 1.82) is 0 Å². The highest BCUT2D eigenvalue weighted by Gasteiger charge is 2.46. The van der Waals surface area contributed by atoms with E-state index in [0.29, 0.717) is 23.8 Å². The third kappa shape index (κ3) is 3.72. The number of hydrogen-bond acceptors (Lipinski definition) is 4. The van der Waals surface area contributed by atoms with Crippen LogP contribution in [-0.4, -0.2) is 44.2 Å². The molecule has 0 saturated heterocycles. The van der Waals surface area contributed by atoms with Crippen molar-refractivity contribution >= 4 is 27.8 Å². The Bertz CT molecular complexity index is 1800. The van der Waals surface area contributed by atoms with Crippen LogP contribution in [0.15, 0.2) is 48.7 Å². The summed E-state index contributed by atoms with van der Waals surface area (Å²) in [4.78, 5) is 11.5. The van der Waals surface area contributed by atoms with Crippen molar-refractivity contribution < 1.29 is 37.3 Å². The summed E-state index contributed by atoms with van der Waals surface area (Å²) < 4.78 is 67.4. The predicted octanol–water partition coefficient (Wildman–Crippen LogP) is 6.21. The molecule has 206 valence electrons. The first-order chi connectivity index (χ1) is 19.2. The van der Waals surface area contributed by atoms with E-state index in [4.69, 9.17) is 4.74 Å². The zero-order valence-corrected chi connectivity index (χ0v) is 21.1. The number of aliphatic hydroxyl groups is 1. The number of aromatic amines is 1. The number of carboxylic acids is 1. The van der Waals surface area contributed by atoms with Gasteiger partial charge in [-0.1, -0.05) is 18.6 Å². The van der Waals surface area contributed by atoms with E-state index in [2.05, 4.69) is 10.2 Å². The van der Waals surface area contributed by atoms with Crippen LogP contribution in [0.2, 0.25) is 0 Å². The molecule has 1 saturated carbocycles. The summed E-state index contributed by atoms with van der Waals surface area (Å²) >= 11 is 0. The van der Waals surface area contributed by atoms with Gasteiger partial charge in [0, 0.05) is 23.4 Å². The van der Waals surface area contributed by atoms with Gasteiger partial charge in [-0.2, -0.15) is 5.10 Å². The highest BCUT2D eigenvalue weighted by Crippen LogP contribution is 2.50. The minimum absolute atomic E-state index is 0.0153. The minimum atomic E-state index is -1.82. The number of aromatic carboxylic acids is 1. The number of fused-ring (bicyclic) bond motifs is 2. The van der Waals surface area contributed by atoms with E-state index >= 15 is 8.78 Å². The summed E-state index contributed by atoms with van der Waals surface area (Å²) in [5.41, 5.74) is -1.70. The van der Waals surface area contributed by atoms with Gasteiger partial charge in [-0.3, -0.25) is 5.10 Å². The van der Waals surface area contributed by atoms with Crippen LogP contribution in [0, 0.1) is 23.3 Å². The Morgan fingerprint density at radius 2 is 1.82 bits per heavy atom. The Morgan fingerprint density at radius 3 is 2.52 bits per heavy atom. The number of ether oxygens (including phenoxy) is 1. The van der Waals surface area contributed by atoms with Crippen LogP contribution in [0.1, 0.15) is 41.7 Å². The van der Waals surface area contributed by atoms with Crippen LogP contribution >= 0.6 is 0 Å². The number of methoxy groups -OCH3 is 1. The molecule has 6 rings (SSSR count). The zero-order valence-electron chi connectivity index (χ0n) is 21.1. The standard InChI is InChI=1S/C29H23F4N3O4/c1-40-20-4-2-3-11-29(20,39)27-21(14-5-7-15(8-6-14)28(37)38)22-19(12-16-13-34-35-26(16)25(22)33)36(27)18-10-9-17(30)23(31)24(18)32/h5-10,12-13,20,39H,2-4,11H2,1H3,(H,34,35)(H,37,38)/t20-,29?/m0/s1. The largest absolute Gasteiger partial charge is 0.478 e. The van der Waals surface area contributed by atoms with Crippen LogP contribution in [0.25, 0.3) is 38.6 Å². The van der Waals surface area contributed by atoms with Gasteiger partial charge in [0.05, 0.1) is 34.8 Å². The average molecular weight is 554 g/mol. The monoisotopic (exact) mass is 553 g/mol. The number of carboxylic acid groups (broad SMARTS) is 1. The molecule has 1 fully saturated rings. The number of aromatic nitrogens is 3. The van der Waals surface area contributed by atoms with Crippen molar-refractivity contribution in [3.8, 4) is 16.8 Å². The Labute approximate surface area is 224 Å². The van der Waals surface area contributed by atoms with Gasteiger partial charge in [0.1, 0.15) is 11.1 Å². The first-order valence-electron chi connectivity index (χ1n) is 12.6. The lowest BCUT2D eigenvalue weighted by Crippen LogP contribution is -2.45. The molecule has 2 heterocycles. The summed E-state index contributed by atoms with van der Waals surface area (Å²) in [6.45, 7) is 0. The molecule has 3 N–H and O–H groups in total. The second-order valence-electron chi connectivity index (χ2n) is 9.95. The molecular formula is C29H23F4N3O4. The van der Waals surface area contributed by atoms with Crippen molar-refractivity contribution in [2.45, 2.75) is 37.4 Å². The van der Waals surface area contributed by atoms with E-state index in [-0.39, 0.29) is 39.7 Å². The molecule has 1 unspecified atom stereocenters. The van der Waals surface area contributed by atoms with Crippen molar-refractivity contribution in [3.63, 3.8) is 0 Å². The summed E-state index contributed by atoms with van der Waals surface area (Å²) in [6, 6.07) is 8.87. The van der Waals surface area contributed by atoms with Gasteiger partial charge in [0.15, 0.2) is 23.3 Å². The van der Waals surface area contributed by atoms with Gasteiger partial charge in [-0.15, -0.1) is 0 Å². The van der Waals surface area contributed by atoms with Gasteiger partial charge >= 0.3 is 5.97 Å². The number of rotatable bonds is 5. The van der Waals surface area contributed by atoms with E-state index in [1.54, 1.807) is 0 Å². The highest BCUT2D eigenvalue weighted by atomic mass is 19.2. The second kappa shape index (κ2) is 9.46. The van der Waals surface area contributed by atoms with E-state index in [0.717, 1.165) is 18.6 Å². The molecule has 0 bridgehead atoms. The van der Waals surface area contributed by atoms with Crippen molar-refractivity contribution in [2.24, 2.45) is 0 Å². The Morgan fingerprint density at radius 1 is 1.07 bits per heavy atom. The maximum Gasteiger partial charge on any atom is 0.335 e. The second-order valence-corrected chi connectivity index (χ2v) is 9.95. The third-order valence-electron chi connectivity index (χ3n) is 7.79. The van der Waals surface area contributed by atoms with Gasteiger partial charge in [-0.05, 0) is 55.2 Å². The van der Waals surface area contributed by atoms with Crippen LogP contribution in [-0.2, 0) is 10.3 Å². The number of carbonyl (C=O) groups is 1. The van der Waals surface area contributed by atoms with Crippen molar-refractivity contribution in [1.82, 2.24) is 14.8 Å². The molecule has 0 spiro atoms. The lowest BCUT2D eigenvalue weighted by molar-refractivity contribution is -0.125. The topological polar surface area (TPSA) is 100 Å². The number of halogens is 4. The number of benzene rings is 3. The van der Waals surface area contributed by atoms with Crippen LogP contribution in [0.3, 0.4) is 0 Å². The van der Waals surface area contributed by atoms with Crippen molar-refractivity contribution in [3.05, 3.63) is 83.2 Å². The number of hydrogen-bond donors (Lipinski definition) is 3. The fraction of sp³-hybridized carbons (Fsp3) is 0.241. The quantitative estimate of drug-likeness (QED) is 0.178. The normalized spacial score (nSPS) is 19.5. The van der Waals surface area contributed by atoms with Crippen LogP contribution in [0.4, 0.5) is 17.6 Å². The Balaban J connectivity index is 1.84. The molecular weight excluding hydrogens is 530 g/mol. The third-order valence-corrected chi connectivity index (χ3v) is 7.79.